The second-order valence-electron chi connectivity index (χ2n) is 3.79. The van der Waals surface area contributed by atoms with Crippen LogP contribution < -0.4 is 0 Å². The number of rotatable bonds is 4. The third kappa shape index (κ3) is 3.85. The number of nitrogens with zero attached hydrogens (tertiary/aromatic N) is 1. The highest BCUT2D eigenvalue weighted by Gasteiger charge is 2.33. The summed E-state index contributed by atoms with van der Waals surface area (Å²) in [6, 6.07) is 2.20. The highest BCUT2D eigenvalue weighted by atomic mass is 32.3. The van der Waals surface area contributed by atoms with Gasteiger partial charge in [-0.05, 0) is 29.8 Å². The fourth-order valence-corrected chi connectivity index (χ4v) is 9.49. The average Bonchev–Trinajstić information content (AvgIpc) is 3.10. The Balaban J connectivity index is 1.67. The van der Waals surface area contributed by atoms with Crippen molar-refractivity contribution in [2.24, 2.45) is 0 Å². The highest BCUT2D eigenvalue weighted by molar-refractivity contribution is 8.42. The number of hydrogen-bond donors (Lipinski definition) is 0. The standard InChI is InChI=1S/C12H11NO2S6/c1-16-9-10(17-6-2-3-13)21-12(20-9)11-18-7-8(19-11)15-5-4-14-7/h2,4-6H2,1H3. The summed E-state index contributed by atoms with van der Waals surface area (Å²) in [6.45, 7) is 1.28. The Morgan fingerprint density at radius 1 is 1.05 bits per heavy atom. The van der Waals surface area contributed by atoms with Gasteiger partial charge >= 0.3 is 0 Å². The van der Waals surface area contributed by atoms with Crippen LogP contribution in [0, 0.1) is 11.3 Å². The maximum Gasteiger partial charge on any atom is 0.208 e. The lowest BCUT2D eigenvalue weighted by Crippen LogP contribution is -2.08. The molecule has 112 valence electrons. The summed E-state index contributed by atoms with van der Waals surface area (Å²) < 4.78 is 16.5. The molecule has 3 rings (SSSR count). The van der Waals surface area contributed by atoms with Gasteiger partial charge in [0.15, 0.2) is 0 Å². The molecule has 0 unspecified atom stereocenters. The van der Waals surface area contributed by atoms with Crippen LogP contribution in [0.2, 0.25) is 0 Å². The van der Waals surface area contributed by atoms with Gasteiger partial charge in [-0.3, -0.25) is 0 Å². The molecule has 3 aliphatic heterocycles. The van der Waals surface area contributed by atoms with Gasteiger partial charge in [0.2, 0.25) is 10.2 Å². The molecule has 3 nitrogen and oxygen atoms in total. The largest absolute Gasteiger partial charge is 0.480 e. The molecular formula is C12H11NO2S6. The second-order valence-corrected chi connectivity index (χ2v) is 10.8. The molecule has 0 fully saturated rings. The molecule has 9 heteroatoms. The molecule has 0 bridgehead atoms. The molecule has 0 radical (unpaired) electrons. The van der Waals surface area contributed by atoms with Gasteiger partial charge in [0, 0.05) is 12.2 Å². The molecule has 0 saturated carbocycles. The molecule has 0 aliphatic carbocycles. The molecule has 21 heavy (non-hydrogen) atoms. The van der Waals surface area contributed by atoms with E-state index in [0.29, 0.717) is 19.6 Å². The van der Waals surface area contributed by atoms with E-state index in [2.05, 4.69) is 12.3 Å². The first kappa shape index (κ1) is 16.3. The van der Waals surface area contributed by atoms with E-state index < -0.39 is 0 Å². The third-order valence-corrected chi connectivity index (χ3v) is 10.7. The first-order valence-electron chi connectivity index (χ1n) is 6.05. The van der Waals surface area contributed by atoms with Crippen molar-refractivity contribution in [1.82, 2.24) is 0 Å². The van der Waals surface area contributed by atoms with Crippen molar-refractivity contribution in [3.05, 3.63) is 27.1 Å². The molecule has 3 heterocycles. The van der Waals surface area contributed by atoms with Crippen LogP contribution in [0.15, 0.2) is 27.1 Å². The van der Waals surface area contributed by atoms with Crippen molar-refractivity contribution in [3.8, 4) is 6.07 Å². The lowest BCUT2D eigenvalue weighted by atomic mass is 10.6. The summed E-state index contributed by atoms with van der Waals surface area (Å²) in [5.74, 6) is 0.854. The maximum atomic E-state index is 8.66. The monoisotopic (exact) mass is 393 g/mol. The Bertz CT molecular complexity index is 557. The highest BCUT2D eigenvalue weighted by Crippen LogP contribution is 2.63. The number of hydrogen-bond acceptors (Lipinski definition) is 9. The quantitative estimate of drug-likeness (QED) is 0.585. The fraction of sp³-hybridized carbons (Fsp3) is 0.417. The van der Waals surface area contributed by atoms with Crippen LogP contribution in [0.25, 0.3) is 0 Å². The van der Waals surface area contributed by atoms with Crippen LogP contribution in [0.5, 0.6) is 0 Å². The Hall–Kier alpha value is 0.410. The summed E-state index contributed by atoms with van der Waals surface area (Å²) >= 11 is 10.5. The van der Waals surface area contributed by atoms with Crippen LogP contribution in [0.3, 0.4) is 0 Å². The molecule has 0 N–H and O–H groups in total. The minimum absolute atomic E-state index is 0.591. The van der Waals surface area contributed by atoms with E-state index in [0.717, 1.165) is 15.9 Å². The second kappa shape index (κ2) is 7.79. The van der Waals surface area contributed by atoms with E-state index in [4.69, 9.17) is 14.7 Å². The van der Waals surface area contributed by atoms with Gasteiger partial charge in [-0.25, -0.2) is 0 Å². The van der Waals surface area contributed by atoms with E-state index in [1.54, 1.807) is 47.0 Å². The molecule has 0 atom stereocenters. The minimum atomic E-state index is 0.591. The molecule has 0 aromatic carbocycles. The molecule has 3 aliphatic rings. The van der Waals surface area contributed by atoms with Gasteiger partial charge < -0.3 is 9.47 Å². The van der Waals surface area contributed by atoms with Gasteiger partial charge in [-0.2, -0.15) is 5.26 Å². The third-order valence-electron chi connectivity index (χ3n) is 2.42. The molecule has 0 spiro atoms. The van der Waals surface area contributed by atoms with E-state index in [1.165, 1.54) is 16.9 Å². The minimum Gasteiger partial charge on any atom is -0.480 e. The van der Waals surface area contributed by atoms with Crippen LogP contribution in [0.1, 0.15) is 6.42 Å². The first-order chi connectivity index (χ1) is 10.3. The normalized spacial score (nSPS) is 21.3. The summed E-state index contributed by atoms with van der Waals surface area (Å²) in [5, 5.41) is 10.5. The molecule has 0 saturated heterocycles. The molecule has 0 aromatic heterocycles. The Kier molecular flexibility index (Phi) is 6.04. The van der Waals surface area contributed by atoms with Crippen molar-refractivity contribution in [2.45, 2.75) is 6.42 Å². The topological polar surface area (TPSA) is 42.2 Å². The Morgan fingerprint density at radius 3 is 2.29 bits per heavy atom. The number of thioether (sulfide) groups is 6. The summed E-state index contributed by atoms with van der Waals surface area (Å²) in [4.78, 5) is 0. The molecular weight excluding hydrogens is 383 g/mol. The van der Waals surface area contributed by atoms with Crippen molar-refractivity contribution in [2.75, 3.05) is 25.2 Å². The van der Waals surface area contributed by atoms with E-state index in [1.807, 2.05) is 23.5 Å². The number of nitriles is 1. The zero-order chi connectivity index (χ0) is 14.7. The fourth-order valence-electron chi connectivity index (χ4n) is 1.56. The molecule has 0 aromatic rings. The van der Waals surface area contributed by atoms with Gasteiger partial charge in [-0.1, -0.05) is 23.5 Å². The van der Waals surface area contributed by atoms with Gasteiger partial charge in [0.05, 0.1) is 23.0 Å². The lowest BCUT2D eigenvalue weighted by molar-refractivity contribution is 0.0949. The van der Waals surface area contributed by atoms with Crippen LogP contribution in [-0.2, 0) is 9.47 Å². The Labute approximate surface area is 149 Å². The maximum absolute atomic E-state index is 8.66. The predicted molar refractivity (Wildman–Crippen MR) is 99.5 cm³/mol. The van der Waals surface area contributed by atoms with Crippen LogP contribution in [-0.4, -0.2) is 25.2 Å². The lowest BCUT2D eigenvalue weighted by Gasteiger charge is -2.13. The summed E-state index contributed by atoms with van der Waals surface area (Å²) in [7, 11) is 0. The smallest absolute Gasteiger partial charge is 0.208 e. The van der Waals surface area contributed by atoms with Crippen molar-refractivity contribution >= 4 is 70.6 Å². The van der Waals surface area contributed by atoms with Crippen LogP contribution in [0.4, 0.5) is 0 Å². The zero-order valence-electron chi connectivity index (χ0n) is 11.0. The van der Waals surface area contributed by atoms with Crippen molar-refractivity contribution in [3.63, 3.8) is 0 Å². The average molecular weight is 394 g/mol. The van der Waals surface area contributed by atoms with Crippen molar-refractivity contribution < 1.29 is 9.47 Å². The number of ether oxygens (including phenoxy) is 2. The summed E-state index contributed by atoms with van der Waals surface area (Å²) in [6.07, 6.45) is 2.69. The van der Waals surface area contributed by atoms with E-state index >= 15 is 0 Å². The van der Waals surface area contributed by atoms with E-state index in [9.17, 15) is 0 Å². The Morgan fingerprint density at radius 2 is 1.67 bits per heavy atom. The van der Waals surface area contributed by atoms with Gasteiger partial charge in [-0.15, -0.1) is 23.5 Å². The van der Waals surface area contributed by atoms with E-state index in [-0.39, 0.29) is 0 Å². The zero-order valence-corrected chi connectivity index (χ0v) is 15.9. The van der Waals surface area contributed by atoms with Gasteiger partial charge in [0.1, 0.15) is 13.2 Å². The van der Waals surface area contributed by atoms with Crippen LogP contribution >= 0.6 is 70.6 Å². The predicted octanol–water partition coefficient (Wildman–Crippen LogP) is 5.38. The van der Waals surface area contributed by atoms with Gasteiger partial charge in [0.25, 0.3) is 0 Å². The first-order valence-corrected chi connectivity index (χ1v) is 11.5. The van der Waals surface area contributed by atoms with Crippen molar-refractivity contribution in [1.29, 1.82) is 5.26 Å². The summed E-state index contributed by atoms with van der Waals surface area (Å²) in [5.41, 5.74) is 0. The molecule has 0 amide bonds. The SMILES string of the molecule is CSC1=C(SCCC#N)SC(=C2SC3=C(OCCO3)S2)S1.